The van der Waals surface area contributed by atoms with Gasteiger partial charge in [0.05, 0.1) is 5.69 Å². The molecule has 29 heavy (non-hydrogen) atoms. The SMILES string of the molecule is Cc1ccc(-c2noc(-c3cccn3CC(=O)Nc3ccc(C)cc3F)n2)cc1. The molecular weight excluding hydrogens is 371 g/mol. The van der Waals surface area contributed by atoms with Gasteiger partial charge in [0.1, 0.15) is 18.1 Å². The Labute approximate surface area is 167 Å². The summed E-state index contributed by atoms with van der Waals surface area (Å²) in [4.78, 5) is 16.8. The van der Waals surface area contributed by atoms with Crippen LogP contribution in [0.5, 0.6) is 0 Å². The summed E-state index contributed by atoms with van der Waals surface area (Å²) < 4.78 is 21.0. The third-order valence-corrected chi connectivity index (χ3v) is 4.50. The second-order valence-corrected chi connectivity index (χ2v) is 6.84. The third kappa shape index (κ3) is 4.08. The molecule has 4 rings (SSSR count). The van der Waals surface area contributed by atoms with Crippen LogP contribution >= 0.6 is 0 Å². The first-order valence-electron chi connectivity index (χ1n) is 9.12. The number of hydrogen-bond donors (Lipinski definition) is 1. The Balaban J connectivity index is 1.51. The Hall–Kier alpha value is -3.74. The fourth-order valence-corrected chi connectivity index (χ4v) is 2.96. The topological polar surface area (TPSA) is 73.0 Å². The van der Waals surface area contributed by atoms with E-state index in [1.54, 1.807) is 42.0 Å². The molecule has 0 saturated carbocycles. The minimum Gasteiger partial charge on any atom is -0.334 e. The number of anilines is 1. The fourth-order valence-electron chi connectivity index (χ4n) is 2.96. The van der Waals surface area contributed by atoms with E-state index in [0.717, 1.165) is 16.7 Å². The molecule has 1 N–H and O–H groups in total. The number of nitrogens with zero attached hydrogens (tertiary/aromatic N) is 3. The van der Waals surface area contributed by atoms with E-state index < -0.39 is 5.82 Å². The van der Waals surface area contributed by atoms with E-state index in [-0.39, 0.29) is 18.1 Å². The number of carbonyl (C=O) groups is 1. The van der Waals surface area contributed by atoms with Crippen molar-refractivity contribution in [2.75, 3.05) is 5.32 Å². The summed E-state index contributed by atoms with van der Waals surface area (Å²) in [6.45, 7) is 3.78. The normalized spacial score (nSPS) is 10.9. The number of amides is 1. The number of nitrogens with one attached hydrogen (secondary N) is 1. The molecule has 146 valence electrons. The van der Waals surface area contributed by atoms with Gasteiger partial charge in [-0.05, 0) is 43.7 Å². The van der Waals surface area contributed by atoms with Gasteiger partial charge in [0, 0.05) is 11.8 Å². The fraction of sp³-hybridized carbons (Fsp3) is 0.136. The number of halogens is 1. The number of benzene rings is 2. The summed E-state index contributed by atoms with van der Waals surface area (Å²) in [6.07, 6.45) is 1.73. The van der Waals surface area contributed by atoms with Crippen molar-refractivity contribution in [1.82, 2.24) is 14.7 Å². The van der Waals surface area contributed by atoms with Gasteiger partial charge in [0.25, 0.3) is 5.89 Å². The molecule has 0 saturated heterocycles. The molecule has 2 aromatic carbocycles. The Kier molecular flexibility index (Phi) is 4.95. The van der Waals surface area contributed by atoms with Crippen LogP contribution in [-0.4, -0.2) is 20.6 Å². The third-order valence-electron chi connectivity index (χ3n) is 4.50. The van der Waals surface area contributed by atoms with Gasteiger partial charge in [-0.25, -0.2) is 4.39 Å². The second-order valence-electron chi connectivity index (χ2n) is 6.84. The van der Waals surface area contributed by atoms with Crippen LogP contribution in [0, 0.1) is 19.7 Å². The Bertz CT molecular complexity index is 1160. The average Bonchev–Trinajstić information content (AvgIpc) is 3.34. The zero-order valence-corrected chi connectivity index (χ0v) is 16.0. The first kappa shape index (κ1) is 18.6. The Morgan fingerprint density at radius 1 is 1.10 bits per heavy atom. The molecule has 7 heteroatoms. The zero-order chi connectivity index (χ0) is 20.4. The first-order chi connectivity index (χ1) is 14.0. The maximum Gasteiger partial charge on any atom is 0.274 e. The first-order valence-corrected chi connectivity index (χ1v) is 9.12. The lowest BCUT2D eigenvalue weighted by Gasteiger charge is -2.09. The second kappa shape index (κ2) is 7.71. The largest absolute Gasteiger partial charge is 0.334 e. The van der Waals surface area contributed by atoms with Crippen molar-refractivity contribution < 1.29 is 13.7 Å². The van der Waals surface area contributed by atoms with Crippen LogP contribution in [0.3, 0.4) is 0 Å². The number of hydrogen-bond acceptors (Lipinski definition) is 4. The zero-order valence-electron chi connectivity index (χ0n) is 16.0. The van der Waals surface area contributed by atoms with E-state index in [1.165, 1.54) is 6.07 Å². The molecule has 1 amide bonds. The van der Waals surface area contributed by atoms with Crippen LogP contribution in [0.1, 0.15) is 11.1 Å². The van der Waals surface area contributed by atoms with Gasteiger partial charge in [-0.2, -0.15) is 4.98 Å². The highest BCUT2D eigenvalue weighted by Gasteiger charge is 2.16. The Morgan fingerprint density at radius 3 is 2.62 bits per heavy atom. The molecule has 0 spiro atoms. The number of aryl methyl sites for hydroxylation is 2. The van der Waals surface area contributed by atoms with Crippen molar-refractivity contribution in [3.05, 3.63) is 77.7 Å². The van der Waals surface area contributed by atoms with Gasteiger partial charge in [0.2, 0.25) is 11.7 Å². The molecule has 2 aromatic heterocycles. The van der Waals surface area contributed by atoms with E-state index in [1.807, 2.05) is 31.2 Å². The summed E-state index contributed by atoms with van der Waals surface area (Å²) in [6, 6.07) is 16.0. The summed E-state index contributed by atoms with van der Waals surface area (Å²) in [5.41, 5.74) is 3.52. The van der Waals surface area contributed by atoms with Gasteiger partial charge >= 0.3 is 0 Å². The van der Waals surface area contributed by atoms with Crippen LogP contribution < -0.4 is 5.32 Å². The monoisotopic (exact) mass is 390 g/mol. The molecule has 0 fully saturated rings. The minimum absolute atomic E-state index is 0.0160. The quantitative estimate of drug-likeness (QED) is 0.541. The highest BCUT2D eigenvalue weighted by molar-refractivity contribution is 5.91. The van der Waals surface area contributed by atoms with Crippen molar-refractivity contribution in [3.8, 4) is 23.0 Å². The molecule has 6 nitrogen and oxygen atoms in total. The lowest BCUT2D eigenvalue weighted by Crippen LogP contribution is -2.19. The van der Waals surface area contributed by atoms with Crippen LogP contribution in [-0.2, 0) is 11.3 Å². The standard InChI is InChI=1S/C22H19FN4O2/c1-14-5-8-16(9-6-14)21-25-22(29-26-21)19-4-3-11-27(19)13-20(28)24-18-10-7-15(2)12-17(18)23/h3-12H,13H2,1-2H3,(H,24,28). The van der Waals surface area contributed by atoms with Crippen LogP contribution in [0.25, 0.3) is 23.0 Å². The molecule has 0 aliphatic rings. The van der Waals surface area contributed by atoms with Gasteiger partial charge in [-0.1, -0.05) is 41.1 Å². The van der Waals surface area contributed by atoms with Gasteiger partial charge in [-0.3, -0.25) is 4.79 Å². The smallest absolute Gasteiger partial charge is 0.274 e. The predicted octanol–water partition coefficient (Wildman–Crippen LogP) is 4.60. The van der Waals surface area contributed by atoms with Crippen molar-refractivity contribution >= 4 is 11.6 Å². The Morgan fingerprint density at radius 2 is 1.86 bits per heavy atom. The van der Waals surface area contributed by atoms with E-state index in [2.05, 4.69) is 15.5 Å². The molecular formula is C22H19FN4O2. The molecule has 4 aromatic rings. The summed E-state index contributed by atoms with van der Waals surface area (Å²) in [5, 5.41) is 6.62. The van der Waals surface area contributed by atoms with E-state index in [0.29, 0.717) is 17.4 Å². The average molecular weight is 390 g/mol. The maximum atomic E-state index is 14.0. The summed E-state index contributed by atoms with van der Waals surface area (Å²) in [5.74, 6) is -0.0481. The molecule has 0 radical (unpaired) electrons. The maximum absolute atomic E-state index is 14.0. The molecule has 0 aliphatic heterocycles. The highest BCUT2D eigenvalue weighted by atomic mass is 19.1. The van der Waals surface area contributed by atoms with Crippen molar-refractivity contribution in [2.45, 2.75) is 20.4 Å². The summed E-state index contributed by atoms with van der Waals surface area (Å²) in [7, 11) is 0. The highest BCUT2D eigenvalue weighted by Crippen LogP contribution is 2.23. The minimum atomic E-state index is -0.467. The van der Waals surface area contributed by atoms with Crippen molar-refractivity contribution in [1.29, 1.82) is 0 Å². The van der Waals surface area contributed by atoms with E-state index >= 15 is 0 Å². The number of carbonyl (C=O) groups excluding carboxylic acids is 1. The summed E-state index contributed by atoms with van der Waals surface area (Å²) >= 11 is 0. The van der Waals surface area contributed by atoms with Gasteiger partial charge in [-0.15, -0.1) is 0 Å². The lowest BCUT2D eigenvalue weighted by molar-refractivity contribution is -0.116. The van der Waals surface area contributed by atoms with Crippen LogP contribution in [0.2, 0.25) is 0 Å². The van der Waals surface area contributed by atoms with Crippen LogP contribution in [0.4, 0.5) is 10.1 Å². The number of aromatic nitrogens is 3. The molecule has 0 atom stereocenters. The molecule has 2 heterocycles. The predicted molar refractivity (Wildman–Crippen MR) is 108 cm³/mol. The van der Waals surface area contributed by atoms with E-state index in [9.17, 15) is 9.18 Å². The van der Waals surface area contributed by atoms with Crippen molar-refractivity contribution in [2.24, 2.45) is 0 Å². The molecule has 0 aliphatic carbocycles. The van der Waals surface area contributed by atoms with Crippen molar-refractivity contribution in [3.63, 3.8) is 0 Å². The van der Waals surface area contributed by atoms with Gasteiger partial charge in [0.15, 0.2) is 0 Å². The molecule has 0 bridgehead atoms. The van der Waals surface area contributed by atoms with Gasteiger partial charge < -0.3 is 14.4 Å². The van der Waals surface area contributed by atoms with Crippen LogP contribution in [0.15, 0.2) is 65.3 Å². The molecule has 0 unspecified atom stereocenters. The number of rotatable bonds is 5. The van der Waals surface area contributed by atoms with E-state index in [4.69, 9.17) is 4.52 Å². The lowest BCUT2D eigenvalue weighted by atomic mass is 10.1.